The van der Waals surface area contributed by atoms with Crippen LogP contribution in [0.5, 0.6) is 0 Å². The molecular weight excluding hydrogens is 805 g/mol. The summed E-state index contributed by atoms with van der Waals surface area (Å²) in [5.41, 5.74) is 0. The maximum atomic E-state index is 12.8. The summed E-state index contributed by atoms with van der Waals surface area (Å²) in [6.07, 6.45) is 68.6. The lowest BCUT2D eigenvalue weighted by Crippen LogP contribution is -2.30. The Hall–Kier alpha value is -3.41. The van der Waals surface area contributed by atoms with Crippen LogP contribution in [0.3, 0.4) is 0 Å². The molecular formula is C59H100O6. The Balaban J connectivity index is 4.41. The molecule has 0 bridgehead atoms. The second kappa shape index (κ2) is 53.2. The topological polar surface area (TPSA) is 78.9 Å². The second-order valence-corrected chi connectivity index (χ2v) is 17.8. The van der Waals surface area contributed by atoms with Gasteiger partial charge in [-0.15, -0.1) is 0 Å². The fraction of sp³-hybridized carbons (Fsp3) is 0.712. The Morgan fingerprint density at radius 3 is 0.938 bits per heavy atom. The molecule has 0 rings (SSSR count). The normalized spacial score (nSPS) is 12.7. The number of hydrogen-bond acceptors (Lipinski definition) is 6. The molecule has 0 saturated carbocycles. The summed E-state index contributed by atoms with van der Waals surface area (Å²) in [4.78, 5) is 37.9. The van der Waals surface area contributed by atoms with Gasteiger partial charge in [-0.25, -0.2) is 0 Å². The summed E-state index contributed by atoms with van der Waals surface area (Å²) >= 11 is 0. The van der Waals surface area contributed by atoms with Gasteiger partial charge in [-0.2, -0.15) is 0 Å². The molecule has 0 aromatic rings. The highest BCUT2D eigenvalue weighted by molar-refractivity contribution is 5.71. The molecule has 6 nitrogen and oxygen atoms in total. The maximum absolute atomic E-state index is 12.8. The van der Waals surface area contributed by atoms with E-state index in [-0.39, 0.29) is 37.5 Å². The van der Waals surface area contributed by atoms with Gasteiger partial charge in [0.2, 0.25) is 0 Å². The van der Waals surface area contributed by atoms with Gasteiger partial charge in [-0.1, -0.05) is 247 Å². The van der Waals surface area contributed by atoms with Gasteiger partial charge in [0, 0.05) is 19.3 Å². The van der Waals surface area contributed by atoms with Crippen molar-refractivity contribution in [2.24, 2.45) is 0 Å². The van der Waals surface area contributed by atoms with Crippen LogP contribution in [0.15, 0.2) is 85.1 Å². The first-order valence-electron chi connectivity index (χ1n) is 27.1. The SMILES string of the molecule is CC/C=C\C/C=C\C/C=C\C/C=C\C/C=C\C/C=C\C/C=C\CCCC(=O)OCC(COC(=O)CCCCCCCCCCCC)OC(=O)CCCCCCCCCCCCCCCC. The highest BCUT2D eigenvalue weighted by Crippen LogP contribution is 2.15. The van der Waals surface area contributed by atoms with Gasteiger partial charge in [0.15, 0.2) is 6.10 Å². The van der Waals surface area contributed by atoms with Gasteiger partial charge in [-0.3, -0.25) is 14.4 Å². The first-order valence-corrected chi connectivity index (χ1v) is 27.1. The van der Waals surface area contributed by atoms with Crippen molar-refractivity contribution in [2.45, 2.75) is 258 Å². The standard InChI is InChI=1S/C59H100O6/c1-4-7-10-13-16-19-22-24-26-27-28-29-30-31-32-33-34-36-37-40-43-46-49-52-58(61)64-55-56(54-63-57(60)51-48-45-42-39-21-18-15-12-9-6-3)65-59(62)53-50-47-44-41-38-35-25-23-20-17-14-11-8-5-2/h7,10,16,19,24,26,28-29,31-32,34,36,40,43,56H,4-6,8-9,11-15,17-18,20-23,25,27,30,33,35,37-39,41-42,44-55H2,1-3H3/b10-7-,19-16-,26-24-,29-28-,32-31-,36-34-,43-40-. The van der Waals surface area contributed by atoms with E-state index in [9.17, 15) is 14.4 Å². The van der Waals surface area contributed by atoms with E-state index >= 15 is 0 Å². The average molecular weight is 905 g/mol. The van der Waals surface area contributed by atoms with Crippen molar-refractivity contribution < 1.29 is 28.6 Å². The molecule has 0 heterocycles. The molecule has 0 amide bonds. The predicted octanol–water partition coefficient (Wildman–Crippen LogP) is 18.0. The molecule has 1 atom stereocenters. The van der Waals surface area contributed by atoms with Crippen LogP contribution in [0.1, 0.15) is 252 Å². The van der Waals surface area contributed by atoms with Crippen molar-refractivity contribution in [3.8, 4) is 0 Å². The van der Waals surface area contributed by atoms with Crippen LogP contribution in [0.25, 0.3) is 0 Å². The molecule has 0 aliphatic rings. The Morgan fingerprint density at radius 1 is 0.323 bits per heavy atom. The Bertz CT molecular complexity index is 1270. The molecule has 0 aromatic carbocycles. The molecule has 0 spiro atoms. The second-order valence-electron chi connectivity index (χ2n) is 17.8. The van der Waals surface area contributed by atoms with Crippen LogP contribution in [-0.2, 0) is 28.6 Å². The lowest BCUT2D eigenvalue weighted by molar-refractivity contribution is -0.167. The van der Waals surface area contributed by atoms with E-state index in [0.717, 1.165) is 89.9 Å². The molecule has 0 radical (unpaired) electrons. The fourth-order valence-electron chi connectivity index (χ4n) is 7.37. The van der Waals surface area contributed by atoms with E-state index in [1.165, 1.54) is 116 Å². The fourth-order valence-corrected chi connectivity index (χ4v) is 7.37. The van der Waals surface area contributed by atoms with Crippen molar-refractivity contribution in [1.82, 2.24) is 0 Å². The van der Waals surface area contributed by atoms with Gasteiger partial charge in [0.25, 0.3) is 0 Å². The molecule has 0 N–H and O–H groups in total. The predicted molar refractivity (Wildman–Crippen MR) is 279 cm³/mol. The number of ether oxygens (including phenoxy) is 3. The van der Waals surface area contributed by atoms with Crippen LogP contribution in [0.2, 0.25) is 0 Å². The average Bonchev–Trinajstić information content (AvgIpc) is 3.30. The minimum Gasteiger partial charge on any atom is -0.462 e. The minimum absolute atomic E-state index is 0.0916. The Kier molecular flexibility index (Phi) is 50.4. The number of rotatable bonds is 48. The summed E-state index contributed by atoms with van der Waals surface area (Å²) < 4.78 is 16.7. The lowest BCUT2D eigenvalue weighted by Gasteiger charge is -2.18. The third kappa shape index (κ3) is 51.4. The molecule has 0 aromatic heterocycles. The van der Waals surface area contributed by atoms with Crippen LogP contribution < -0.4 is 0 Å². The van der Waals surface area contributed by atoms with Crippen molar-refractivity contribution >= 4 is 17.9 Å². The van der Waals surface area contributed by atoms with Gasteiger partial charge in [0.05, 0.1) is 0 Å². The minimum atomic E-state index is -0.795. The number of allylic oxidation sites excluding steroid dienone is 14. The van der Waals surface area contributed by atoms with E-state index in [4.69, 9.17) is 14.2 Å². The molecule has 0 saturated heterocycles. The zero-order valence-corrected chi connectivity index (χ0v) is 42.5. The van der Waals surface area contributed by atoms with Gasteiger partial charge in [0.1, 0.15) is 13.2 Å². The first-order chi connectivity index (χ1) is 32.0. The molecule has 0 aliphatic heterocycles. The molecule has 65 heavy (non-hydrogen) atoms. The largest absolute Gasteiger partial charge is 0.462 e. The van der Waals surface area contributed by atoms with Gasteiger partial charge < -0.3 is 14.2 Å². The summed E-state index contributed by atoms with van der Waals surface area (Å²) in [7, 11) is 0. The molecule has 1 unspecified atom stereocenters. The number of carbonyl (C=O) groups is 3. The van der Waals surface area contributed by atoms with E-state index < -0.39 is 6.10 Å². The molecule has 0 fully saturated rings. The third-order valence-electron chi connectivity index (χ3n) is 11.4. The Labute approximate surface area is 401 Å². The summed E-state index contributed by atoms with van der Waals surface area (Å²) in [5, 5.41) is 0. The summed E-state index contributed by atoms with van der Waals surface area (Å²) in [5.74, 6) is -0.951. The number of esters is 3. The highest BCUT2D eigenvalue weighted by Gasteiger charge is 2.19. The van der Waals surface area contributed by atoms with Crippen LogP contribution in [0.4, 0.5) is 0 Å². The van der Waals surface area contributed by atoms with Crippen LogP contribution >= 0.6 is 0 Å². The maximum Gasteiger partial charge on any atom is 0.306 e. The monoisotopic (exact) mass is 905 g/mol. The summed E-state index contributed by atoms with van der Waals surface area (Å²) in [6, 6.07) is 0. The number of carbonyl (C=O) groups excluding carboxylic acids is 3. The van der Waals surface area contributed by atoms with E-state index in [2.05, 4.69) is 106 Å². The molecule has 6 heteroatoms. The molecule has 0 aliphatic carbocycles. The van der Waals surface area contributed by atoms with E-state index in [1.807, 2.05) is 0 Å². The van der Waals surface area contributed by atoms with Crippen LogP contribution in [0, 0.1) is 0 Å². The van der Waals surface area contributed by atoms with Crippen molar-refractivity contribution in [2.75, 3.05) is 13.2 Å². The number of hydrogen-bond donors (Lipinski definition) is 0. The van der Waals surface area contributed by atoms with Crippen LogP contribution in [-0.4, -0.2) is 37.2 Å². The third-order valence-corrected chi connectivity index (χ3v) is 11.4. The van der Waals surface area contributed by atoms with Crippen molar-refractivity contribution in [3.63, 3.8) is 0 Å². The summed E-state index contributed by atoms with van der Waals surface area (Å²) in [6.45, 7) is 6.47. The zero-order valence-electron chi connectivity index (χ0n) is 42.5. The van der Waals surface area contributed by atoms with Gasteiger partial charge >= 0.3 is 17.9 Å². The van der Waals surface area contributed by atoms with E-state index in [0.29, 0.717) is 19.3 Å². The Morgan fingerprint density at radius 2 is 0.600 bits per heavy atom. The van der Waals surface area contributed by atoms with Crippen molar-refractivity contribution in [3.05, 3.63) is 85.1 Å². The zero-order chi connectivity index (χ0) is 47.2. The van der Waals surface area contributed by atoms with Crippen molar-refractivity contribution in [1.29, 1.82) is 0 Å². The number of unbranched alkanes of at least 4 members (excludes halogenated alkanes) is 23. The van der Waals surface area contributed by atoms with E-state index in [1.54, 1.807) is 0 Å². The quantitative estimate of drug-likeness (QED) is 0.0262. The smallest absolute Gasteiger partial charge is 0.306 e. The lowest BCUT2D eigenvalue weighted by atomic mass is 10.0. The molecule has 372 valence electrons. The highest BCUT2D eigenvalue weighted by atomic mass is 16.6. The van der Waals surface area contributed by atoms with Gasteiger partial charge in [-0.05, 0) is 70.6 Å². The first kappa shape index (κ1) is 61.6.